The first-order valence-electron chi connectivity index (χ1n) is 6.27. The van der Waals surface area contributed by atoms with Gasteiger partial charge in [-0.3, -0.25) is 0 Å². The van der Waals surface area contributed by atoms with E-state index < -0.39 is 0 Å². The van der Waals surface area contributed by atoms with Crippen molar-refractivity contribution in [3.63, 3.8) is 0 Å². The van der Waals surface area contributed by atoms with Crippen molar-refractivity contribution in [3.8, 4) is 5.75 Å². The molecular formula is C14H20BrNO2. The van der Waals surface area contributed by atoms with E-state index in [0.717, 1.165) is 36.2 Å². The molecule has 100 valence electrons. The summed E-state index contributed by atoms with van der Waals surface area (Å²) in [6.45, 7) is 1.98. The number of methoxy groups -OCH3 is 1. The van der Waals surface area contributed by atoms with Crippen molar-refractivity contribution >= 4 is 15.9 Å². The highest BCUT2D eigenvalue weighted by Gasteiger charge is 2.27. The molecule has 1 aromatic rings. The standard InChI is InChI=1S/C14H20BrNO2/c1-16(9-11-5-12(17)6-11)8-10-3-4-14(18-2)13(15)7-10/h3-4,7,11-12,17H,5-6,8-9H2,1-2H3. The first kappa shape index (κ1) is 13.8. The van der Waals surface area contributed by atoms with Crippen LogP contribution in [0.2, 0.25) is 0 Å². The lowest BCUT2D eigenvalue weighted by atomic mass is 9.82. The molecule has 1 N–H and O–H groups in total. The van der Waals surface area contributed by atoms with Crippen molar-refractivity contribution in [1.82, 2.24) is 4.90 Å². The summed E-state index contributed by atoms with van der Waals surface area (Å²) in [5.74, 6) is 1.52. The third-order valence-electron chi connectivity index (χ3n) is 3.45. The topological polar surface area (TPSA) is 32.7 Å². The lowest BCUT2D eigenvalue weighted by Gasteiger charge is -2.34. The van der Waals surface area contributed by atoms with Crippen molar-refractivity contribution in [2.24, 2.45) is 5.92 Å². The van der Waals surface area contributed by atoms with Crippen LogP contribution in [-0.2, 0) is 6.54 Å². The van der Waals surface area contributed by atoms with Crippen LogP contribution in [0.25, 0.3) is 0 Å². The number of halogens is 1. The molecule has 0 radical (unpaired) electrons. The molecule has 0 amide bonds. The Morgan fingerprint density at radius 3 is 2.72 bits per heavy atom. The smallest absolute Gasteiger partial charge is 0.133 e. The second-order valence-corrected chi connectivity index (χ2v) is 6.01. The van der Waals surface area contributed by atoms with E-state index in [1.807, 2.05) is 6.07 Å². The van der Waals surface area contributed by atoms with Crippen LogP contribution in [0.1, 0.15) is 18.4 Å². The molecule has 3 nitrogen and oxygen atoms in total. The molecule has 1 fully saturated rings. The lowest BCUT2D eigenvalue weighted by molar-refractivity contribution is 0.0274. The summed E-state index contributed by atoms with van der Waals surface area (Å²) in [5.41, 5.74) is 1.27. The molecule has 4 heteroatoms. The Balaban J connectivity index is 1.86. The Morgan fingerprint density at radius 1 is 1.44 bits per heavy atom. The zero-order chi connectivity index (χ0) is 13.1. The summed E-state index contributed by atoms with van der Waals surface area (Å²) in [4.78, 5) is 2.31. The highest BCUT2D eigenvalue weighted by atomic mass is 79.9. The molecule has 0 bridgehead atoms. The zero-order valence-corrected chi connectivity index (χ0v) is 12.5. The molecule has 2 rings (SSSR count). The minimum Gasteiger partial charge on any atom is -0.496 e. The van der Waals surface area contributed by atoms with Crippen LogP contribution < -0.4 is 4.74 Å². The van der Waals surface area contributed by atoms with Crippen molar-refractivity contribution in [2.45, 2.75) is 25.5 Å². The molecule has 0 saturated heterocycles. The maximum absolute atomic E-state index is 9.28. The van der Waals surface area contributed by atoms with Crippen molar-refractivity contribution in [2.75, 3.05) is 20.7 Å². The predicted molar refractivity (Wildman–Crippen MR) is 75.8 cm³/mol. The monoisotopic (exact) mass is 313 g/mol. The maximum atomic E-state index is 9.28. The molecule has 1 aromatic carbocycles. The van der Waals surface area contributed by atoms with Gasteiger partial charge in [-0.15, -0.1) is 0 Å². The highest BCUT2D eigenvalue weighted by Crippen LogP contribution is 2.29. The van der Waals surface area contributed by atoms with E-state index in [1.54, 1.807) is 7.11 Å². The van der Waals surface area contributed by atoms with Gasteiger partial charge in [0.05, 0.1) is 17.7 Å². The molecule has 0 atom stereocenters. The molecule has 1 saturated carbocycles. The number of aliphatic hydroxyl groups excluding tert-OH is 1. The fraction of sp³-hybridized carbons (Fsp3) is 0.571. The third-order valence-corrected chi connectivity index (χ3v) is 4.07. The van der Waals surface area contributed by atoms with E-state index in [1.165, 1.54) is 5.56 Å². The van der Waals surface area contributed by atoms with Crippen molar-refractivity contribution < 1.29 is 9.84 Å². The molecule has 1 aliphatic rings. The number of hydrogen-bond donors (Lipinski definition) is 1. The van der Waals surface area contributed by atoms with E-state index in [0.29, 0.717) is 5.92 Å². The van der Waals surface area contributed by atoms with E-state index in [4.69, 9.17) is 4.74 Å². The van der Waals surface area contributed by atoms with Gasteiger partial charge in [-0.1, -0.05) is 6.07 Å². The molecule has 1 aliphatic carbocycles. The van der Waals surface area contributed by atoms with Gasteiger partial charge in [-0.25, -0.2) is 0 Å². The van der Waals surface area contributed by atoms with Crippen LogP contribution in [-0.4, -0.2) is 36.8 Å². The average molecular weight is 314 g/mol. The van der Waals surface area contributed by atoms with E-state index in [9.17, 15) is 5.11 Å². The number of rotatable bonds is 5. The Morgan fingerprint density at radius 2 is 2.17 bits per heavy atom. The van der Waals surface area contributed by atoms with Gasteiger partial charge in [0.2, 0.25) is 0 Å². The molecule has 0 heterocycles. The summed E-state index contributed by atoms with van der Waals surface area (Å²) in [6.07, 6.45) is 1.85. The Labute approximate surface area is 117 Å². The van der Waals surface area contributed by atoms with Crippen LogP contribution in [0.3, 0.4) is 0 Å². The summed E-state index contributed by atoms with van der Waals surface area (Å²) >= 11 is 3.50. The van der Waals surface area contributed by atoms with Crippen LogP contribution in [0.4, 0.5) is 0 Å². The summed E-state index contributed by atoms with van der Waals surface area (Å²) < 4.78 is 6.21. The van der Waals surface area contributed by atoms with Gasteiger partial charge >= 0.3 is 0 Å². The molecule has 0 aromatic heterocycles. The molecule has 0 aliphatic heterocycles. The van der Waals surface area contributed by atoms with Gasteiger partial charge in [-0.05, 0) is 59.4 Å². The average Bonchev–Trinajstić information content (AvgIpc) is 2.27. The van der Waals surface area contributed by atoms with E-state index in [-0.39, 0.29) is 6.10 Å². The van der Waals surface area contributed by atoms with Crippen LogP contribution >= 0.6 is 15.9 Å². The lowest BCUT2D eigenvalue weighted by Crippen LogP contribution is -2.36. The van der Waals surface area contributed by atoms with Gasteiger partial charge in [0.15, 0.2) is 0 Å². The molecule has 0 unspecified atom stereocenters. The van der Waals surface area contributed by atoms with Crippen molar-refractivity contribution in [1.29, 1.82) is 0 Å². The zero-order valence-electron chi connectivity index (χ0n) is 10.9. The molecule has 0 spiro atoms. The quantitative estimate of drug-likeness (QED) is 0.907. The van der Waals surface area contributed by atoms with Crippen LogP contribution in [0.5, 0.6) is 5.75 Å². The largest absolute Gasteiger partial charge is 0.496 e. The Hall–Kier alpha value is -0.580. The number of nitrogens with zero attached hydrogens (tertiary/aromatic N) is 1. The fourth-order valence-electron chi connectivity index (χ4n) is 2.47. The third kappa shape index (κ3) is 3.46. The fourth-order valence-corrected chi connectivity index (χ4v) is 3.06. The summed E-state index contributed by atoms with van der Waals surface area (Å²) in [7, 11) is 3.80. The number of aliphatic hydroxyl groups is 1. The van der Waals surface area contributed by atoms with E-state index >= 15 is 0 Å². The normalized spacial score (nSPS) is 22.9. The number of hydrogen-bond acceptors (Lipinski definition) is 3. The van der Waals surface area contributed by atoms with Gasteiger partial charge in [0, 0.05) is 13.1 Å². The first-order valence-corrected chi connectivity index (χ1v) is 7.07. The van der Waals surface area contributed by atoms with Crippen LogP contribution in [0, 0.1) is 5.92 Å². The number of ether oxygens (including phenoxy) is 1. The van der Waals surface area contributed by atoms with Crippen molar-refractivity contribution in [3.05, 3.63) is 28.2 Å². The molecule has 18 heavy (non-hydrogen) atoms. The van der Waals surface area contributed by atoms with Gasteiger partial charge in [0.1, 0.15) is 5.75 Å². The molecular weight excluding hydrogens is 294 g/mol. The summed E-state index contributed by atoms with van der Waals surface area (Å²) in [6, 6.07) is 6.18. The van der Waals surface area contributed by atoms with Gasteiger partial charge < -0.3 is 14.7 Å². The SMILES string of the molecule is COc1ccc(CN(C)CC2CC(O)C2)cc1Br. The highest BCUT2D eigenvalue weighted by molar-refractivity contribution is 9.10. The van der Waals surface area contributed by atoms with Gasteiger partial charge in [0.25, 0.3) is 0 Å². The Bertz CT molecular complexity index is 405. The summed E-state index contributed by atoms with van der Waals surface area (Å²) in [5, 5.41) is 9.28. The van der Waals surface area contributed by atoms with Crippen LogP contribution in [0.15, 0.2) is 22.7 Å². The maximum Gasteiger partial charge on any atom is 0.133 e. The first-order chi connectivity index (χ1) is 8.58. The second kappa shape index (κ2) is 6.04. The minimum absolute atomic E-state index is 0.0569. The van der Waals surface area contributed by atoms with Gasteiger partial charge in [-0.2, -0.15) is 0 Å². The minimum atomic E-state index is -0.0569. The Kier molecular flexibility index (Phi) is 4.65. The number of benzene rings is 1. The second-order valence-electron chi connectivity index (χ2n) is 5.16. The van der Waals surface area contributed by atoms with E-state index in [2.05, 4.69) is 40.0 Å². The predicted octanol–water partition coefficient (Wildman–Crippen LogP) is 2.66.